The van der Waals surface area contributed by atoms with E-state index in [-0.39, 0.29) is 6.61 Å². The van der Waals surface area contributed by atoms with Crippen molar-refractivity contribution in [1.82, 2.24) is 4.98 Å². The molecule has 19 heavy (non-hydrogen) atoms. The van der Waals surface area contributed by atoms with Gasteiger partial charge in [0.05, 0.1) is 6.61 Å². The van der Waals surface area contributed by atoms with Crippen LogP contribution in [0.15, 0.2) is 18.5 Å². The molecular weight excluding hydrogens is 357 g/mol. The summed E-state index contributed by atoms with van der Waals surface area (Å²) in [5, 5.41) is 0. The first-order valence-electron chi connectivity index (χ1n) is 5.93. The van der Waals surface area contributed by atoms with Gasteiger partial charge in [-0.05, 0) is 59.9 Å². The van der Waals surface area contributed by atoms with Crippen LogP contribution in [0.4, 0.5) is 0 Å². The van der Waals surface area contributed by atoms with E-state index >= 15 is 0 Å². The summed E-state index contributed by atoms with van der Waals surface area (Å²) in [6, 6.07) is 1.97. The Morgan fingerprint density at radius 3 is 2.95 bits per heavy atom. The SMILES string of the molecule is CCOC(=O)C(=O)C#CCCCc1ccncc1I. The fourth-order valence-corrected chi connectivity index (χ4v) is 1.97. The maximum atomic E-state index is 11.2. The predicted octanol–water partition coefficient (Wildman–Crippen LogP) is 2.14. The average molecular weight is 371 g/mol. The van der Waals surface area contributed by atoms with Crippen LogP contribution >= 0.6 is 22.6 Å². The first-order chi connectivity index (χ1) is 9.15. The Bertz CT molecular complexity index is 517. The van der Waals surface area contributed by atoms with E-state index < -0.39 is 11.8 Å². The molecule has 0 saturated carbocycles. The average Bonchev–Trinajstić information content (AvgIpc) is 2.40. The van der Waals surface area contributed by atoms with Crippen LogP contribution in [0.1, 0.15) is 25.3 Å². The van der Waals surface area contributed by atoms with Crippen molar-refractivity contribution in [1.29, 1.82) is 0 Å². The normalized spacial score (nSPS) is 9.37. The van der Waals surface area contributed by atoms with Gasteiger partial charge >= 0.3 is 11.8 Å². The van der Waals surface area contributed by atoms with E-state index in [0.29, 0.717) is 6.42 Å². The van der Waals surface area contributed by atoms with E-state index in [4.69, 9.17) is 0 Å². The maximum absolute atomic E-state index is 11.2. The molecule has 0 atom stereocenters. The highest BCUT2D eigenvalue weighted by atomic mass is 127. The zero-order valence-corrected chi connectivity index (χ0v) is 12.8. The number of ether oxygens (including phenoxy) is 1. The monoisotopic (exact) mass is 371 g/mol. The second-order valence-electron chi connectivity index (χ2n) is 3.67. The Hall–Kier alpha value is -1.42. The number of unbranched alkanes of at least 4 members (excludes halogenated alkanes) is 1. The number of carbonyl (C=O) groups is 2. The lowest BCUT2D eigenvalue weighted by Crippen LogP contribution is -2.15. The summed E-state index contributed by atoms with van der Waals surface area (Å²) in [6.07, 6.45) is 5.86. The molecule has 0 aliphatic carbocycles. The molecule has 0 unspecified atom stereocenters. The molecule has 4 nitrogen and oxygen atoms in total. The smallest absolute Gasteiger partial charge is 0.388 e. The van der Waals surface area contributed by atoms with Crippen molar-refractivity contribution in [3.8, 4) is 11.8 Å². The number of ketones is 1. The number of aromatic nitrogens is 1. The van der Waals surface area contributed by atoms with Crippen molar-refractivity contribution in [2.24, 2.45) is 0 Å². The van der Waals surface area contributed by atoms with Gasteiger partial charge in [-0.2, -0.15) is 0 Å². The summed E-state index contributed by atoms with van der Waals surface area (Å²) >= 11 is 2.24. The number of hydrogen-bond donors (Lipinski definition) is 0. The lowest BCUT2D eigenvalue weighted by Gasteiger charge is -2.00. The zero-order chi connectivity index (χ0) is 14.1. The maximum Gasteiger partial charge on any atom is 0.388 e. The highest BCUT2D eigenvalue weighted by molar-refractivity contribution is 14.1. The van der Waals surface area contributed by atoms with Gasteiger partial charge in [-0.1, -0.05) is 5.92 Å². The van der Waals surface area contributed by atoms with Crippen LogP contribution in [-0.2, 0) is 20.7 Å². The topological polar surface area (TPSA) is 56.3 Å². The van der Waals surface area contributed by atoms with Crippen LogP contribution in [-0.4, -0.2) is 23.3 Å². The Morgan fingerprint density at radius 1 is 1.47 bits per heavy atom. The first-order valence-corrected chi connectivity index (χ1v) is 7.01. The van der Waals surface area contributed by atoms with E-state index in [1.165, 1.54) is 5.56 Å². The molecule has 1 aromatic heterocycles. The molecule has 1 heterocycles. The van der Waals surface area contributed by atoms with E-state index in [1.54, 1.807) is 13.1 Å². The van der Waals surface area contributed by atoms with Crippen molar-refractivity contribution in [2.45, 2.75) is 26.2 Å². The van der Waals surface area contributed by atoms with Crippen molar-refractivity contribution >= 4 is 34.3 Å². The molecule has 5 heteroatoms. The minimum Gasteiger partial charge on any atom is -0.459 e. The number of carbonyl (C=O) groups excluding carboxylic acids is 2. The summed E-state index contributed by atoms with van der Waals surface area (Å²) in [5.74, 6) is 3.33. The molecule has 0 aromatic carbocycles. The second-order valence-corrected chi connectivity index (χ2v) is 4.83. The van der Waals surface area contributed by atoms with Crippen molar-refractivity contribution in [3.05, 3.63) is 27.6 Å². The highest BCUT2D eigenvalue weighted by Crippen LogP contribution is 2.12. The standard InChI is InChI=1S/C14H14INO3/c1-2-19-14(18)13(17)7-5-3-4-6-11-8-9-16-10-12(11)15/h8-10H,2-4,6H2,1H3. The van der Waals surface area contributed by atoms with E-state index in [0.717, 1.165) is 16.4 Å². The lowest BCUT2D eigenvalue weighted by atomic mass is 10.1. The molecule has 0 bridgehead atoms. The van der Waals surface area contributed by atoms with Gasteiger partial charge in [-0.3, -0.25) is 9.78 Å². The van der Waals surface area contributed by atoms with E-state index in [2.05, 4.69) is 44.2 Å². The Labute approximate surface area is 126 Å². The van der Waals surface area contributed by atoms with Crippen LogP contribution in [0.5, 0.6) is 0 Å². The highest BCUT2D eigenvalue weighted by Gasteiger charge is 2.10. The zero-order valence-electron chi connectivity index (χ0n) is 10.6. The van der Waals surface area contributed by atoms with Gasteiger partial charge in [0.25, 0.3) is 0 Å². The summed E-state index contributed by atoms with van der Waals surface area (Å²) in [7, 11) is 0. The molecule has 0 amide bonds. The number of Topliss-reactive ketones (excluding diaryl/α,β-unsaturated/α-hetero) is 1. The molecule has 100 valence electrons. The lowest BCUT2D eigenvalue weighted by molar-refractivity contribution is -0.150. The van der Waals surface area contributed by atoms with Crippen molar-refractivity contribution < 1.29 is 14.3 Å². The van der Waals surface area contributed by atoms with Crippen LogP contribution in [0.3, 0.4) is 0 Å². The van der Waals surface area contributed by atoms with Crippen LogP contribution in [0.25, 0.3) is 0 Å². The molecule has 1 rings (SSSR count). The summed E-state index contributed by atoms with van der Waals surface area (Å²) < 4.78 is 5.67. The van der Waals surface area contributed by atoms with Crippen molar-refractivity contribution in [3.63, 3.8) is 0 Å². The van der Waals surface area contributed by atoms with Gasteiger partial charge < -0.3 is 4.74 Å². The number of nitrogens with zero attached hydrogens (tertiary/aromatic N) is 1. The first kappa shape index (κ1) is 15.6. The Balaban J connectivity index is 2.34. The number of aryl methyl sites for hydroxylation is 1. The minimum absolute atomic E-state index is 0.187. The largest absolute Gasteiger partial charge is 0.459 e. The molecule has 0 aliphatic rings. The number of halogens is 1. The van der Waals surface area contributed by atoms with Crippen molar-refractivity contribution in [2.75, 3.05) is 6.61 Å². The van der Waals surface area contributed by atoms with E-state index in [9.17, 15) is 9.59 Å². The van der Waals surface area contributed by atoms with Gasteiger partial charge in [-0.15, -0.1) is 0 Å². The molecule has 0 N–H and O–H groups in total. The van der Waals surface area contributed by atoms with E-state index in [1.807, 2.05) is 12.3 Å². The number of pyridine rings is 1. The number of hydrogen-bond acceptors (Lipinski definition) is 4. The second kappa shape index (κ2) is 8.64. The predicted molar refractivity (Wildman–Crippen MR) is 79.3 cm³/mol. The molecule has 0 fully saturated rings. The molecule has 1 aromatic rings. The van der Waals surface area contributed by atoms with Gasteiger partial charge in [0.1, 0.15) is 0 Å². The molecular formula is C14H14INO3. The van der Waals surface area contributed by atoms with Gasteiger partial charge in [0.15, 0.2) is 0 Å². The Kier molecular flexibility index (Phi) is 7.11. The third-order valence-electron chi connectivity index (χ3n) is 2.27. The summed E-state index contributed by atoms with van der Waals surface area (Å²) in [4.78, 5) is 26.2. The minimum atomic E-state index is -0.876. The van der Waals surface area contributed by atoms with Crippen LogP contribution < -0.4 is 0 Å². The Morgan fingerprint density at radius 2 is 2.26 bits per heavy atom. The van der Waals surface area contributed by atoms with Gasteiger partial charge in [0, 0.05) is 22.4 Å². The molecule has 0 spiro atoms. The molecule has 0 radical (unpaired) electrons. The molecule has 0 saturated heterocycles. The summed E-state index contributed by atoms with van der Waals surface area (Å²) in [5.41, 5.74) is 1.22. The third-order valence-corrected chi connectivity index (χ3v) is 3.24. The third kappa shape index (κ3) is 5.83. The number of esters is 1. The number of rotatable bonds is 5. The summed E-state index contributed by atoms with van der Waals surface area (Å²) in [6.45, 7) is 1.83. The quantitative estimate of drug-likeness (QED) is 0.199. The fraction of sp³-hybridized carbons (Fsp3) is 0.357. The fourth-order valence-electron chi connectivity index (χ4n) is 1.36. The molecule has 0 aliphatic heterocycles. The van der Waals surface area contributed by atoms with Crippen LogP contribution in [0, 0.1) is 15.4 Å². The van der Waals surface area contributed by atoms with Gasteiger partial charge in [0.2, 0.25) is 0 Å². The van der Waals surface area contributed by atoms with Gasteiger partial charge in [-0.25, -0.2) is 4.79 Å². The van der Waals surface area contributed by atoms with Crippen LogP contribution in [0.2, 0.25) is 0 Å².